The zero-order chi connectivity index (χ0) is 13.8. The molecule has 1 heterocycles. The predicted molar refractivity (Wildman–Crippen MR) is 72.6 cm³/mol. The summed E-state index contributed by atoms with van der Waals surface area (Å²) in [6.07, 6.45) is 0.938. The molecule has 5 nitrogen and oxygen atoms in total. The third kappa shape index (κ3) is 3.12. The third-order valence-electron chi connectivity index (χ3n) is 3.55. The van der Waals surface area contributed by atoms with Gasteiger partial charge in [0.05, 0.1) is 6.04 Å². The first kappa shape index (κ1) is 13.5. The van der Waals surface area contributed by atoms with E-state index in [4.69, 9.17) is 0 Å². The van der Waals surface area contributed by atoms with E-state index >= 15 is 0 Å². The standard InChI is InChI=1S/C14H19N3O2/c1-10(13(18)16-14(19)15-2)17-8-7-11-5-3-4-6-12(11)9-17/h3-6,10H,7-9H2,1-2H3,(H2,15,16,18,19)/t10-/m1/s1. The largest absolute Gasteiger partial charge is 0.341 e. The molecule has 102 valence electrons. The lowest BCUT2D eigenvalue weighted by Crippen LogP contribution is -2.50. The van der Waals surface area contributed by atoms with Gasteiger partial charge in [-0.25, -0.2) is 4.79 Å². The Morgan fingerprint density at radius 3 is 2.63 bits per heavy atom. The molecule has 1 aromatic rings. The molecule has 1 aliphatic heterocycles. The quantitative estimate of drug-likeness (QED) is 0.831. The lowest BCUT2D eigenvalue weighted by Gasteiger charge is -2.32. The highest BCUT2D eigenvalue weighted by Gasteiger charge is 2.25. The number of carbonyl (C=O) groups is 2. The fourth-order valence-electron chi connectivity index (χ4n) is 2.29. The Labute approximate surface area is 113 Å². The van der Waals surface area contributed by atoms with Crippen molar-refractivity contribution in [1.82, 2.24) is 15.5 Å². The van der Waals surface area contributed by atoms with Crippen LogP contribution >= 0.6 is 0 Å². The van der Waals surface area contributed by atoms with E-state index in [1.54, 1.807) is 0 Å². The van der Waals surface area contributed by atoms with Crippen molar-refractivity contribution in [2.45, 2.75) is 25.9 Å². The van der Waals surface area contributed by atoms with Gasteiger partial charge in [0, 0.05) is 20.1 Å². The maximum atomic E-state index is 11.9. The molecule has 5 heteroatoms. The number of hydrogen-bond donors (Lipinski definition) is 2. The Bertz CT molecular complexity index is 487. The van der Waals surface area contributed by atoms with Gasteiger partial charge in [-0.1, -0.05) is 24.3 Å². The van der Waals surface area contributed by atoms with Gasteiger partial charge in [-0.3, -0.25) is 15.0 Å². The lowest BCUT2D eigenvalue weighted by atomic mass is 9.99. The van der Waals surface area contributed by atoms with Crippen molar-refractivity contribution < 1.29 is 9.59 Å². The van der Waals surface area contributed by atoms with Crippen LogP contribution in [-0.2, 0) is 17.8 Å². The summed E-state index contributed by atoms with van der Waals surface area (Å²) in [7, 11) is 1.49. The van der Waals surface area contributed by atoms with Crippen molar-refractivity contribution in [2.75, 3.05) is 13.6 Å². The van der Waals surface area contributed by atoms with Crippen LogP contribution in [-0.4, -0.2) is 36.5 Å². The monoisotopic (exact) mass is 261 g/mol. The molecule has 0 unspecified atom stereocenters. The Hall–Kier alpha value is -1.88. The summed E-state index contributed by atoms with van der Waals surface area (Å²) in [6, 6.07) is 7.49. The third-order valence-corrected chi connectivity index (χ3v) is 3.55. The highest BCUT2D eigenvalue weighted by molar-refractivity contribution is 5.96. The van der Waals surface area contributed by atoms with Crippen molar-refractivity contribution in [3.05, 3.63) is 35.4 Å². The molecule has 0 saturated heterocycles. The Morgan fingerprint density at radius 2 is 1.95 bits per heavy atom. The highest BCUT2D eigenvalue weighted by atomic mass is 16.2. The van der Waals surface area contributed by atoms with E-state index in [1.807, 2.05) is 19.1 Å². The zero-order valence-corrected chi connectivity index (χ0v) is 11.3. The first-order valence-electron chi connectivity index (χ1n) is 6.45. The molecule has 0 aliphatic carbocycles. The van der Waals surface area contributed by atoms with Crippen LogP contribution in [0.15, 0.2) is 24.3 Å². The van der Waals surface area contributed by atoms with Crippen LogP contribution in [0.25, 0.3) is 0 Å². The van der Waals surface area contributed by atoms with Crippen LogP contribution in [0.2, 0.25) is 0 Å². The topological polar surface area (TPSA) is 61.4 Å². The number of amides is 3. The minimum atomic E-state index is -0.464. The Kier molecular flexibility index (Phi) is 4.16. The number of nitrogens with zero attached hydrogens (tertiary/aromatic N) is 1. The zero-order valence-electron chi connectivity index (χ0n) is 11.3. The maximum absolute atomic E-state index is 11.9. The maximum Gasteiger partial charge on any atom is 0.321 e. The summed E-state index contributed by atoms with van der Waals surface area (Å²) in [6.45, 7) is 3.41. The van der Waals surface area contributed by atoms with Crippen molar-refractivity contribution in [1.29, 1.82) is 0 Å². The first-order valence-corrected chi connectivity index (χ1v) is 6.45. The van der Waals surface area contributed by atoms with Gasteiger partial charge in [-0.2, -0.15) is 0 Å². The molecule has 1 atom stereocenters. The molecule has 2 N–H and O–H groups in total. The van der Waals surface area contributed by atoms with Crippen LogP contribution in [0.1, 0.15) is 18.1 Å². The lowest BCUT2D eigenvalue weighted by molar-refractivity contribution is -0.125. The summed E-state index contributed by atoms with van der Waals surface area (Å²) < 4.78 is 0. The minimum Gasteiger partial charge on any atom is -0.341 e. The summed E-state index contributed by atoms with van der Waals surface area (Å²) >= 11 is 0. The van der Waals surface area contributed by atoms with Gasteiger partial charge in [0.1, 0.15) is 0 Å². The van der Waals surface area contributed by atoms with E-state index in [-0.39, 0.29) is 11.9 Å². The van der Waals surface area contributed by atoms with Gasteiger partial charge in [-0.05, 0) is 24.5 Å². The number of benzene rings is 1. The average molecular weight is 261 g/mol. The van der Waals surface area contributed by atoms with Crippen LogP contribution < -0.4 is 10.6 Å². The van der Waals surface area contributed by atoms with Gasteiger partial charge in [0.2, 0.25) is 5.91 Å². The summed E-state index contributed by atoms with van der Waals surface area (Å²) in [5.41, 5.74) is 2.60. The minimum absolute atomic E-state index is 0.265. The van der Waals surface area contributed by atoms with Gasteiger partial charge >= 0.3 is 6.03 Å². The molecular formula is C14H19N3O2. The van der Waals surface area contributed by atoms with E-state index in [1.165, 1.54) is 18.2 Å². The number of imide groups is 1. The molecule has 1 aromatic carbocycles. The van der Waals surface area contributed by atoms with Crippen molar-refractivity contribution in [3.63, 3.8) is 0 Å². The average Bonchev–Trinajstić information content (AvgIpc) is 2.45. The molecule has 1 aliphatic rings. The van der Waals surface area contributed by atoms with E-state index < -0.39 is 6.03 Å². The molecule has 0 saturated carbocycles. The number of fused-ring (bicyclic) bond motifs is 1. The molecule has 2 rings (SSSR count). The van der Waals surface area contributed by atoms with E-state index in [0.29, 0.717) is 0 Å². The number of nitrogens with one attached hydrogen (secondary N) is 2. The second kappa shape index (κ2) is 5.84. The number of rotatable bonds is 2. The molecule has 0 spiro atoms. The van der Waals surface area contributed by atoms with Gasteiger partial charge < -0.3 is 5.32 Å². The van der Waals surface area contributed by atoms with Crippen LogP contribution in [0.4, 0.5) is 4.79 Å². The molecule has 0 fully saturated rings. The van der Waals surface area contributed by atoms with E-state index in [0.717, 1.165) is 19.5 Å². The summed E-state index contributed by atoms with van der Waals surface area (Å²) in [5, 5.41) is 4.70. The molecule has 0 bridgehead atoms. The van der Waals surface area contributed by atoms with Crippen molar-refractivity contribution in [3.8, 4) is 0 Å². The number of carbonyl (C=O) groups excluding carboxylic acids is 2. The van der Waals surface area contributed by atoms with Gasteiger partial charge in [-0.15, -0.1) is 0 Å². The van der Waals surface area contributed by atoms with E-state index in [2.05, 4.69) is 27.7 Å². The van der Waals surface area contributed by atoms with E-state index in [9.17, 15) is 9.59 Å². The Balaban J connectivity index is 2.00. The van der Waals surface area contributed by atoms with Gasteiger partial charge in [0.15, 0.2) is 0 Å². The smallest absolute Gasteiger partial charge is 0.321 e. The Morgan fingerprint density at radius 1 is 1.26 bits per heavy atom. The van der Waals surface area contributed by atoms with Crippen LogP contribution in [0.5, 0.6) is 0 Å². The second-order valence-electron chi connectivity index (χ2n) is 4.73. The second-order valence-corrected chi connectivity index (χ2v) is 4.73. The van der Waals surface area contributed by atoms with Crippen LogP contribution in [0.3, 0.4) is 0 Å². The number of urea groups is 1. The predicted octanol–water partition coefficient (Wildman–Crippen LogP) is 0.889. The summed E-state index contributed by atoms with van der Waals surface area (Å²) in [5.74, 6) is -0.265. The molecule has 0 aromatic heterocycles. The fraction of sp³-hybridized carbons (Fsp3) is 0.429. The van der Waals surface area contributed by atoms with Crippen LogP contribution in [0, 0.1) is 0 Å². The molecule has 19 heavy (non-hydrogen) atoms. The SMILES string of the molecule is CNC(=O)NC(=O)[C@@H](C)N1CCc2ccccc2C1. The molecular weight excluding hydrogens is 242 g/mol. The molecule has 3 amide bonds. The first-order chi connectivity index (χ1) is 9.11. The van der Waals surface area contributed by atoms with Crippen molar-refractivity contribution >= 4 is 11.9 Å². The summed E-state index contributed by atoms with van der Waals surface area (Å²) in [4.78, 5) is 25.1. The molecule has 0 radical (unpaired) electrons. The fourth-order valence-corrected chi connectivity index (χ4v) is 2.29. The normalized spacial score (nSPS) is 16.3. The highest BCUT2D eigenvalue weighted by Crippen LogP contribution is 2.20. The number of hydrogen-bond acceptors (Lipinski definition) is 3. The van der Waals surface area contributed by atoms with Gasteiger partial charge in [0.25, 0.3) is 0 Å². The van der Waals surface area contributed by atoms with Crippen molar-refractivity contribution in [2.24, 2.45) is 0 Å².